The highest BCUT2D eigenvalue weighted by Gasteiger charge is 2.37. The van der Waals surface area contributed by atoms with Crippen LogP contribution in [-0.2, 0) is 19.6 Å². The van der Waals surface area contributed by atoms with Gasteiger partial charge in [-0.25, -0.2) is 13.1 Å². The first-order valence-electron chi connectivity index (χ1n) is 7.05. The molecule has 2 N–H and O–H groups in total. The van der Waals surface area contributed by atoms with E-state index in [1.165, 1.54) is 0 Å². The maximum Gasteiger partial charge on any atom is 0.237 e. The number of ether oxygens (including phenoxy) is 1. The number of fused-ring (bicyclic) bond motifs is 1. The zero-order valence-corrected chi connectivity index (χ0v) is 12.6. The van der Waals surface area contributed by atoms with Gasteiger partial charge in [-0.05, 0) is 18.8 Å². The fourth-order valence-corrected chi connectivity index (χ4v) is 3.55. The summed E-state index contributed by atoms with van der Waals surface area (Å²) in [6.45, 7) is 5.67. The van der Waals surface area contributed by atoms with Crippen LogP contribution in [0.25, 0.3) is 0 Å². The summed E-state index contributed by atoms with van der Waals surface area (Å²) in [6, 6.07) is 0. The monoisotopic (exact) mass is 305 g/mol. The van der Waals surface area contributed by atoms with Crippen molar-refractivity contribution in [2.24, 2.45) is 11.8 Å². The van der Waals surface area contributed by atoms with Gasteiger partial charge in [-0.2, -0.15) is 0 Å². The lowest BCUT2D eigenvalue weighted by Crippen LogP contribution is -2.41. The summed E-state index contributed by atoms with van der Waals surface area (Å²) in [4.78, 5) is 13.8. The lowest BCUT2D eigenvalue weighted by atomic mass is 10.0. The van der Waals surface area contributed by atoms with Crippen molar-refractivity contribution >= 4 is 15.9 Å². The Morgan fingerprint density at radius 2 is 2.00 bits per heavy atom. The molecule has 0 spiro atoms. The minimum absolute atomic E-state index is 0.108. The Kier molecular flexibility index (Phi) is 5.36. The van der Waals surface area contributed by atoms with Gasteiger partial charge in [0, 0.05) is 32.8 Å². The van der Waals surface area contributed by atoms with E-state index in [1.807, 2.05) is 6.92 Å². The van der Waals surface area contributed by atoms with Gasteiger partial charge in [0.25, 0.3) is 0 Å². The van der Waals surface area contributed by atoms with Crippen LogP contribution in [-0.4, -0.2) is 70.9 Å². The Hall–Kier alpha value is -0.700. The summed E-state index contributed by atoms with van der Waals surface area (Å²) >= 11 is 0. The molecule has 0 aromatic heterocycles. The van der Waals surface area contributed by atoms with E-state index in [4.69, 9.17) is 4.74 Å². The third-order valence-electron chi connectivity index (χ3n) is 3.89. The first kappa shape index (κ1) is 15.7. The van der Waals surface area contributed by atoms with Crippen molar-refractivity contribution in [1.29, 1.82) is 0 Å². The molecule has 116 valence electrons. The Balaban J connectivity index is 1.72. The third kappa shape index (κ3) is 4.15. The smallest absolute Gasteiger partial charge is 0.237 e. The van der Waals surface area contributed by atoms with Crippen molar-refractivity contribution in [2.75, 3.05) is 51.7 Å². The summed E-state index contributed by atoms with van der Waals surface area (Å²) in [5, 5.41) is 3.31. The van der Waals surface area contributed by atoms with Gasteiger partial charge in [-0.1, -0.05) is 0 Å². The van der Waals surface area contributed by atoms with E-state index in [0.717, 1.165) is 26.2 Å². The van der Waals surface area contributed by atoms with Crippen molar-refractivity contribution in [3.8, 4) is 0 Å². The Bertz CT molecular complexity index is 428. The predicted octanol–water partition coefficient (Wildman–Crippen LogP) is -1.38. The molecule has 20 heavy (non-hydrogen) atoms. The Labute approximate surface area is 120 Å². The largest absolute Gasteiger partial charge is 0.381 e. The molecule has 0 aromatic rings. The molecule has 1 amide bonds. The Morgan fingerprint density at radius 1 is 1.35 bits per heavy atom. The van der Waals surface area contributed by atoms with Crippen LogP contribution >= 0.6 is 0 Å². The highest BCUT2D eigenvalue weighted by Crippen LogP contribution is 2.25. The second-order valence-corrected chi connectivity index (χ2v) is 7.24. The van der Waals surface area contributed by atoms with Crippen molar-refractivity contribution in [3.63, 3.8) is 0 Å². The number of hydrogen-bond donors (Lipinski definition) is 2. The number of carbonyl (C=O) groups excluding carboxylic acids is 1. The first-order valence-corrected chi connectivity index (χ1v) is 8.70. The van der Waals surface area contributed by atoms with Crippen LogP contribution in [0.1, 0.15) is 6.92 Å². The molecular formula is C12H23N3O4S. The van der Waals surface area contributed by atoms with Gasteiger partial charge in [0.2, 0.25) is 15.9 Å². The number of amides is 1. The van der Waals surface area contributed by atoms with E-state index in [9.17, 15) is 13.2 Å². The van der Waals surface area contributed by atoms with Gasteiger partial charge in [-0.3, -0.25) is 4.79 Å². The van der Waals surface area contributed by atoms with E-state index in [0.29, 0.717) is 18.4 Å². The third-order valence-corrected chi connectivity index (χ3v) is 5.17. The molecule has 2 heterocycles. The highest BCUT2D eigenvalue weighted by molar-refractivity contribution is 7.89. The number of nitrogens with zero attached hydrogens (tertiary/aromatic N) is 1. The van der Waals surface area contributed by atoms with E-state index in [-0.39, 0.29) is 24.8 Å². The molecule has 8 heteroatoms. The van der Waals surface area contributed by atoms with Gasteiger partial charge in [0.15, 0.2) is 0 Å². The van der Waals surface area contributed by atoms with Crippen LogP contribution < -0.4 is 10.0 Å². The van der Waals surface area contributed by atoms with Gasteiger partial charge < -0.3 is 15.0 Å². The molecular weight excluding hydrogens is 282 g/mol. The highest BCUT2D eigenvalue weighted by atomic mass is 32.2. The summed E-state index contributed by atoms with van der Waals surface area (Å²) in [5.41, 5.74) is 0. The summed E-state index contributed by atoms with van der Waals surface area (Å²) in [5.74, 6) is 0.796. The number of nitrogens with one attached hydrogen (secondary N) is 2. The van der Waals surface area contributed by atoms with Gasteiger partial charge in [-0.15, -0.1) is 0 Å². The quantitative estimate of drug-likeness (QED) is 0.566. The van der Waals surface area contributed by atoms with Crippen molar-refractivity contribution < 1.29 is 17.9 Å². The molecule has 0 unspecified atom stereocenters. The van der Waals surface area contributed by atoms with E-state index < -0.39 is 10.0 Å². The molecule has 2 fully saturated rings. The van der Waals surface area contributed by atoms with Crippen LogP contribution in [0.15, 0.2) is 0 Å². The standard InChI is InChI=1S/C12H23N3O4S/c1-2-19-3-4-20(17,18)14-7-12(16)15-8-10-5-13-6-11(10)9-15/h10-11,13-14H,2-9H2,1H3/t10-,11+. The summed E-state index contributed by atoms with van der Waals surface area (Å²) < 4.78 is 30.6. The maximum absolute atomic E-state index is 12.0. The first-order chi connectivity index (χ1) is 9.52. The van der Waals surface area contributed by atoms with Gasteiger partial charge >= 0.3 is 0 Å². The zero-order chi connectivity index (χ0) is 14.6. The molecule has 2 atom stereocenters. The number of hydrogen-bond acceptors (Lipinski definition) is 5. The molecule has 2 rings (SSSR count). The summed E-state index contributed by atoms with van der Waals surface area (Å²) in [6.07, 6.45) is 0. The fraction of sp³-hybridized carbons (Fsp3) is 0.917. The van der Waals surface area contributed by atoms with Crippen molar-refractivity contribution in [2.45, 2.75) is 6.92 Å². The molecule has 7 nitrogen and oxygen atoms in total. The van der Waals surface area contributed by atoms with Gasteiger partial charge in [0.1, 0.15) is 0 Å². The van der Waals surface area contributed by atoms with E-state index in [2.05, 4.69) is 10.0 Å². The molecule has 2 aliphatic rings. The van der Waals surface area contributed by atoms with Crippen molar-refractivity contribution in [1.82, 2.24) is 14.9 Å². The normalized spacial score (nSPS) is 25.9. The van der Waals surface area contributed by atoms with Crippen LogP contribution in [0.4, 0.5) is 0 Å². The predicted molar refractivity (Wildman–Crippen MR) is 74.7 cm³/mol. The number of likely N-dealkylation sites (tertiary alicyclic amines) is 1. The minimum Gasteiger partial charge on any atom is -0.381 e. The molecule has 2 saturated heterocycles. The van der Waals surface area contributed by atoms with E-state index in [1.54, 1.807) is 4.90 Å². The second kappa shape index (κ2) is 6.84. The van der Waals surface area contributed by atoms with E-state index >= 15 is 0 Å². The number of sulfonamides is 1. The van der Waals surface area contributed by atoms with Crippen LogP contribution in [0, 0.1) is 11.8 Å². The molecule has 0 bridgehead atoms. The van der Waals surface area contributed by atoms with Crippen LogP contribution in [0.5, 0.6) is 0 Å². The average Bonchev–Trinajstić information content (AvgIpc) is 2.97. The second-order valence-electron chi connectivity index (χ2n) is 5.31. The minimum atomic E-state index is -3.43. The lowest BCUT2D eigenvalue weighted by Gasteiger charge is -2.17. The Morgan fingerprint density at radius 3 is 2.60 bits per heavy atom. The number of carbonyl (C=O) groups is 1. The maximum atomic E-state index is 12.0. The fourth-order valence-electron chi connectivity index (χ4n) is 2.73. The lowest BCUT2D eigenvalue weighted by molar-refractivity contribution is -0.129. The van der Waals surface area contributed by atoms with Crippen molar-refractivity contribution in [3.05, 3.63) is 0 Å². The zero-order valence-electron chi connectivity index (χ0n) is 11.8. The SMILES string of the molecule is CCOCCS(=O)(=O)NCC(=O)N1C[C@H]2CNC[C@H]2C1. The molecule has 0 aliphatic carbocycles. The van der Waals surface area contributed by atoms with Crippen LogP contribution in [0.3, 0.4) is 0 Å². The molecule has 0 aromatic carbocycles. The van der Waals surface area contributed by atoms with Gasteiger partial charge in [0.05, 0.1) is 18.9 Å². The van der Waals surface area contributed by atoms with Crippen LogP contribution in [0.2, 0.25) is 0 Å². The molecule has 2 aliphatic heterocycles. The molecule has 0 radical (unpaired) electrons. The number of rotatable bonds is 7. The topological polar surface area (TPSA) is 87.7 Å². The average molecular weight is 305 g/mol. The molecule has 0 saturated carbocycles. The summed E-state index contributed by atoms with van der Waals surface area (Å²) in [7, 11) is -3.43.